The molecule has 4 aromatic carbocycles. The first-order chi connectivity index (χ1) is 18.3. The molecular weight excluding hydrogens is 488 g/mol. The van der Waals surface area contributed by atoms with Gasteiger partial charge in [-0.05, 0) is 61.4 Å². The molecule has 0 heterocycles. The highest BCUT2D eigenvalue weighted by Crippen LogP contribution is 2.39. The number of hydrogen-bond donors (Lipinski definition) is 0. The number of benzene rings is 4. The summed E-state index contributed by atoms with van der Waals surface area (Å²) < 4.78 is 10.9. The standard InChI is InChI=1S/C29H24N2O7/c1-3-37-21-15-11-19(12-16-21)27-23(7-5-9-25(27)30(33)34)29(32)24-8-6-10-26(31(35)36)28(24)20-13-17-22(18-14-20)38-4-2/h5-18H,3-4H2,1-2H3. The summed E-state index contributed by atoms with van der Waals surface area (Å²) in [6.45, 7) is 4.59. The van der Waals surface area contributed by atoms with E-state index in [4.69, 9.17) is 9.47 Å². The van der Waals surface area contributed by atoms with Crippen molar-refractivity contribution >= 4 is 17.2 Å². The molecule has 0 saturated heterocycles. The normalized spacial score (nSPS) is 10.6. The van der Waals surface area contributed by atoms with Crippen molar-refractivity contribution in [3.05, 3.63) is 116 Å². The number of carbonyl (C=O) groups excluding carboxylic acids is 1. The Morgan fingerprint density at radius 3 is 1.32 bits per heavy atom. The first-order valence-corrected chi connectivity index (χ1v) is 11.9. The molecule has 9 nitrogen and oxygen atoms in total. The predicted molar refractivity (Wildman–Crippen MR) is 143 cm³/mol. The maximum Gasteiger partial charge on any atom is 0.277 e. The number of ketones is 1. The lowest BCUT2D eigenvalue weighted by Crippen LogP contribution is -2.09. The summed E-state index contributed by atoms with van der Waals surface area (Å²) in [5.74, 6) is 0.587. The minimum absolute atomic E-state index is 0.0519. The molecule has 4 aromatic rings. The molecule has 0 bridgehead atoms. The van der Waals surface area contributed by atoms with Crippen LogP contribution in [0.2, 0.25) is 0 Å². The van der Waals surface area contributed by atoms with Crippen molar-refractivity contribution in [2.24, 2.45) is 0 Å². The van der Waals surface area contributed by atoms with Crippen LogP contribution < -0.4 is 9.47 Å². The van der Waals surface area contributed by atoms with Crippen molar-refractivity contribution in [1.29, 1.82) is 0 Å². The molecular formula is C29H24N2O7. The Bertz CT molecular complexity index is 1380. The van der Waals surface area contributed by atoms with Gasteiger partial charge in [0.25, 0.3) is 11.4 Å². The van der Waals surface area contributed by atoms with Crippen molar-refractivity contribution in [1.82, 2.24) is 0 Å². The highest BCUT2D eigenvalue weighted by Gasteiger charge is 2.28. The average molecular weight is 513 g/mol. The maximum atomic E-state index is 14.0. The summed E-state index contributed by atoms with van der Waals surface area (Å²) in [6, 6.07) is 21.7. The largest absolute Gasteiger partial charge is 0.494 e. The second-order valence-electron chi connectivity index (χ2n) is 8.16. The second-order valence-corrected chi connectivity index (χ2v) is 8.16. The third-order valence-electron chi connectivity index (χ3n) is 5.88. The third kappa shape index (κ3) is 5.22. The molecule has 4 rings (SSSR count). The zero-order chi connectivity index (χ0) is 27.2. The van der Waals surface area contributed by atoms with Crippen LogP contribution >= 0.6 is 0 Å². The van der Waals surface area contributed by atoms with Gasteiger partial charge in [-0.25, -0.2) is 0 Å². The van der Waals surface area contributed by atoms with E-state index in [1.807, 2.05) is 13.8 Å². The van der Waals surface area contributed by atoms with Gasteiger partial charge in [-0.3, -0.25) is 25.0 Å². The maximum absolute atomic E-state index is 14.0. The van der Waals surface area contributed by atoms with Gasteiger partial charge >= 0.3 is 0 Å². The Hall–Kier alpha value is -5.05. The van der Waals surface area contributed by atoms with E-state index in [1.54, 1.807) is 48.5 Å². The van der Waals surface area contributed by atoms with Gasteiger partial charge in [0, 0.05) is 23.3 Å². The zero-order valence-corrected chi connectivity index (χ0v) is 20.7. The van der Waals surface area contributed by atoms with Gasteiger partial charge in [-0.2, -0.15) is 0 Å². The fourth-order valence-corrected chi connectivity index (χ4v) is 4.28. The van der Waals surface area contributed by atoms with Gasteiger partial charge in [0.15, 0.2) is 5.78 Å². The van der Waals surface area contributed by atoms with Crippen LogP contribution in [0.25, 0.3) is 22.3 Å². The third-order valence-corrected chi connectivity index (χ3v) is 5.88. The van der Waals surface area contributed by atoms with E-state index in [0.29, 0.717) is 35.8 Å². The van der Waals surface area contributed by atoms with Gasteiger partial charge in [-0.1, -0.05) is 36.4 Å². The Balaban J connectivity index is 1.92. The summed E-state index contributed by atoms with van der Waals surface area (Å²) in [6.07, 6.45) is 0. The van der Waals surface area contributed by atoms with Crippen LogP contribution in [0, 0.1) is 20.2 Å². The van der Waals surface area contributed by atoms with Gasteiger partial charge in [0.1, 0.15) is 11.5 Å². The molecule has 0 aliphatic carbocycles. The monoisotopic (exact) mass is 512 g/mol. The number of nitrogens with zero attached hydrogens (tertiary/aromatic N) is 2. The Morgan fingerprint density at radius 1 is 0.632 bits per heavy atom. The van der Waals surface area contributed by atoms with Gasteiger partial charge < -0.3 is 9.47 Å². The van der Waals surface area contributed by atoms with Crippen LogP contribution in [-0.4, -0.2) is 28.8 Å². The molecule has 9 heteroatoms. The molecule has 0 saturated carbocycles. The molecule has 0 spiro atoms. The number of ether oxygens (including phenoxy) is 2. The highest BCUT2D eigenvalue weighted by atomic mass is 16.6. The summed E-state index contributed by atoms with van der Waals surface area (Å²) in [5.41, 5.74) is 0.715. The minimum Gasteiger partial charge on any atom is -0.494 e. The number of nitro benzene ring substituents is 2. The summed E-state index contributed by atoms with van der Waals surface area (Å²) in [4.78, 5) is 36.8. The van der Waals surface area contributed by atoms with E-state index in [1.165, 1.54) is 36.4 Å². The van der Waals surface area contributed by atoms with Crippen LogP contribution in [0.5, 0.6) is 11.5 Å². The number of rotatable bonds is 10. The molecule has 0 aliphatic rings. The van der Waals surface area contributed by atoms with Crippen molar-refractivity contribution in [2.45, 2.75) is 13.8 Å². The molecule has 0 fully saturated rings. The minimum atomic E-state index is -0.579. The van der Waals surface area contributed by atoms with Crippen LogP contribution in [-0.2, 0) is 0 Å². The van der Waals surface area contributed by atoms with Crippen molar-refractivity contribution in [2.75, 3.05) is 13.2 Å². The first kappa shape index (κ1) is 26.0. The molecule has 192 valence electrons. The molecule has 0 atom stereocenters. The number of hydrogen-bond acceptors (Lipinski definition) is 7. The number of carbonyl (C=O) groups is 1. The van der Waals surface area contributed by atoms with Crippen LogP contribution in [0.15, 0.2) is 84.9 Å². The second kappa shape index (κ2) is 11.3. The average Bonchev–Trinajstić information content (AvgIpc) is 2.93. The van der Waals surface area contributed by atoms with Crippen LogP contribution in [0.1, 0.15) is 29.8 Å². The fourth-order valence-electron chi connectivity index (χ4n) is 4.28. The predicted octanol–water partition coefficient (Wildman–Crippen LogP) is 6.87. The first-order valence-electron chi connectivity index (χ1n) is 11.9. The van der Waals surface area contributed by atoms with Gasteiger partial charge in [0.2, 0.25) is 0 Å². The fraction of sp³-hybridized carbons (Fsp3) is 0.138. The van der Waals surface area contributed by atoms with E-state index in [2.05, 4.69) is 0 Å². The molecule has 0 unspecified atom stereocenters. The molecule has 0 amide bonds. The Labute approximate surface area is 218 Å². The molecule has 0 N–H and O–H groups in total. The van der Waals surface area contributed by atoms with Crippen molar-refractivity contribution in [3.8, 4) is 33.8 Å². The molecule has 0 aromatic heterocycles. The SMILES string of the molecule is CCOc1ccc(-c2c(C(=O)c3cccc([N+](=O)[O-])c3-c3ccc(OCC)cc3)cccc2[N+](=O)[O-])cc1. The van der Waals surface area contributed by atoms with Crippen molar-refractivity contribution < 1.29 is 24.1 Å². The van der Waals surface area contributed by atoms with E-state index in [9.17, 15) is 25.0 Å². The summed E-state index contributed by atoms with van der Waals surface area (Å²) >= 11 is 0. The highest BCUT2D eigenvalue weighted by molar-refractivity contribution is 6.17. The smallest absolute Gasteiger partial charge is 0.277 e. The topological polar surface area (TPSA) is 122 Å². The van der Waals surface area contributed by atoms with E-state index in [0.717, 1.165) is 0 Å². The quantitative estimate of drug-likeness (QED) is 0.129. The Kier molecular flexibility index (Phi) is 7.77. The molecule has 0 radical (unpaired) electrons. The lowest BCUT2D eigenvalue weighted by molar-refractivity contribution is -0.384. The zero-order valence-electron chi connectivity index (χ0n) is 20.7. The van der Waals surface area contributed by atoms with Crippen LogP contribution in [0.3, 0.4) is 0 Å². The lowest BCUT2D eigenvalue weighted by Gasteiger charge is -2.14. The van der Waals surface area contributed by atoms with Gasteiger partial charge in [-0.15, -0.1) is 0 Å². The molecule has 0 aliphatic heterocycles. The van der Waals surface area contributed by atoms with E-state index < -0.39 is 15.6 Å². The summed E-state index contributed by atoms with van der Waals surface area (Å²) in [7, 11) is 0. The van der Waals surface area contributed by atoms with E-state index in [-0.39, 0.29) is 33.6 Å². The van der Waals surface area contributed by atoms with Crippen LogP contribution in [0.4, 0.5) is 11.4 Å². The Morgan fingerprint density at radius 2 is 1.00 bits per heavy atom. The summed E-state index contributed by atoms with van der Waals surface area (Å²) in [5, 5.41) is 23.9. The van der Waals surface area contributed by atoms with Crippen molar-refractivity contribution in [3.63, 3.8) is 0 Å². The number of nitro groups is 2. The van der Waals surface area contributed by atoms with Gasteiger partial charge in [0.05, 0.1) is 34.2 Å². The molecule has 38 heavy (non-hydrogen) atoms. The lowest BCUT2D eigenvalue weighted by atomic mass is 9.88. The van der Waals surface area contributed by atoms with E-state index >= 15 is 0 Å².